The van der Waals surface area contributed by atoms with E-state index in [0.29, 0.717) is 11.4 Å². The molecule has 0 fully saturated rings. The number of aromatic amines is 1. The number of benzene rings is 1. The first-order chi connectivity index (χ1) is 9.49. The minimum atomic E-state index is -1.06. The van der Waals surface area contributed by atoms with Crippen LogP contribution in [0.4, 0.5) is 5.69 Å². The van der Waals surface area contributed by atoms with E-state index in [4.69, 9.17) is 5.11 Å². The van der Waals surface area contributed by atoms with E-state index < -0.39 is 5.97 Å². The van der Waals surface area contributed by atoms with Gasteiger partial charge in [0.25, 0.3) is 0 Å². The average molecular weight is 272 g/mol. The van der Waals surface area contributed by atoms with Gasteiger partial charge in [-0.2, -0.15) is 0 Å². The lowest BCUT2D eigenvalue weighted by Crippen LogP contribution is -2.16. The van der Waals surface area contributed by atoms with Crippen molar-refractivity contribution in [2.24, 2.45) is 0 Å². The van der Waals surface area contributed by atoms with Crippen molar-refractivity contribution in [3.63, 3.8) is 0 Å². The molecule has 1 heterocycles. The second-order valence-electron chi connectivity index (χ2n) is 4.66. The Hall–Kier alpha value is -2.56. The first-order valence-electron chi connectivity index (χ1n) is 6.24. The number of amides is 1. The maximum Gasteiger partial charge on any atom is 0.339 e. The van der Waals surface area contributed by atoms with Gasteiger partial charge in [-0.25, -0.2) is 4.79 Å². The van der Waals surface area contributed by atoms with Crippen LogP contribution in [-0.4, -0.2) is 22.0 Å². The van der Waals surface area contributed by atoms with Gasteiger partial charge in [0.15, 0.2) is 0 Å². The SMILES string of the molecule is Cc1ccccc1CC(=O)Nc1c[nH]c(C)c1C(=O)O. The van der Waals surface area contributed by atoms with Crippen molar-refractivity contribution in [2.45, 2.75) is 20.3 Å². The first-order valence-corrected chi connectivity index (χ1v) is 6.24. The van der Waals surface area contributed by atoms with Crippen LogP contribution >= 0.6 is 0 Å². The molecule has 5 heteroatoms. The molecule has 2 rings (SSSR count). The van der Waals surface area contributed by atoms with Crippen LogP contribution in [0.3, 0.4) is 0 Å². The number of H-pyrrole nitrogens is 1. The van der Waals surface area contributed by atoms with Gasteiger partial charge in [0, 0.05) is 11.9 Å². The van der Waals surface area contributed by atoms with E-state index >= 15 is 0 Å². The quantitative estimate of drug-likeness (QED) is 0.799. The van der Waals surface area contributed by atoms with E-state index in [1.807, 2.05) is 31.2 Å². The Balaban J connectivity index is 2.13. The molecule has 0 radical (unpaired) electrons. The summed E-state index contributed by atoms with van der Waals surface area (Å²) in [5.41, 5.74) is 2.88. The van der Waals surface area contributed by atoms with Gasteiger partial charge in [-0.15, -0.1) is 0 Å². The Bertz CT molecular complexity index is 659. The topological polar surface area (TPSA) is 82.2 Å². The number of carboxylic acid groups (broad SMARTS) is 1. The Morgan fingerprint density at radius 1 is 1.25 bits per heavy atom. The third-order valence-corrected chi connectivity index (χ3v) is 3.18. The van der Waals surface area contributed by atoms with Crippen LogP contribution in [0.2, 0.25) is 0 Å². The van der Waals surface area contributed by atoms with Gasteiger partial charge in [-0.05, 0) is 25.0 Å². The highest BCUT2D eigenvalue weighted by atomic mass is 16.4. The van der Waals surface area contributed by atoms with Gasteiger partial charge < -0.3 is 15.4 Å². The highest BCUT2D eigenvalue weighted by Gasteiger charge is 2.17. The van der Waals surface area contributed by atoms with Crippen molar-refractivity contribution >= 4 is 17.6 Å². The van der Waals surface area contributed by atoms with Crippen LogP contribution in [0.15, 0.2) is 30.5 Å². The molecule has 0 unspecified atom stereocenters. The Morgan fingerprint density at radius 3 is 2.60 bits per heavy atom. The molecule has 0 atom stereocenters. The molecular formula is C15H16N2O3. The fraction of sp³-hybridized carbons (Fsp3) is 0.200. The van der Waals surface area contributed by atoms with Crippen molar-refractivity contribution < 1.29 is 14.7 Å². The summed E-state index contributed by atoms with van der Waals surface area (Å²) in [6.45, 7) is 3.59. The predicted molar refractivity (Wildman–Crippen MR) is 76.0 cm³/mol. The molecule has 0 saturated carbocycles. The minimum absolute atomic E-state index is 0.100. The lowest BCUT2D eigenvalue weighted by molar-refractivity contribution is -0.115. The molecule has 1 aromatic carbocycles. The summed E-state index contributed by atoms with van der Waals surface area (Å²) in [5.74, 6) is -1.30. The normalized spacial score (nSPS) is 10.3. The first kappa shape index (κ1) is 13.9. The Kier molecular flexibility index (Phi) is 3.89. The fourth-order valence-corrected chi connectivity index (χ4v) is 2.08. The van der Waals surface area contributed by atoms with E-state index in [1.54, 1.807) is 6.92 Å². The van der Waals surface area contributed by atoms with Gasteiger partial charge in [-0.3, -0.25) is 4.79 Å². The van der Waals surface area contributed by atoms with Crippen LogP contribution in [0.1, 0.15) is 27.2 Å². The third kappa shape index (κ3) is 2.88. The number of aromatic nitrogens is 1. The standard InChI is InChI=1S/C15H16N2O3/c1-9-5-3-4-6-11(9)7-13(18)17-12-8-16-10(2)14(12)15(19)20/h3-6,8,16H,7H2,1-2H3,(H,17,18)(H,19,20). The molecule has 104 valence electrons. The van der Waals surface area contributed by atoms with E-state index in [-0.39, 0.29) is 17.9 Å². The summed E-state index contributed by atoms with van der Waals surface area (Å²) in [4.78, 5) is 25.9. The summed E-state index contributed by atoms with van der Waals surface area (Å²) in [7, 11) is 0. The van der Waals surface area contributed by atoms with Crippen LogP contribution in [0, 0.1) is 13.8 Å². The van der Waals surface area contributed by atoms with Crippen LogP contribution in [-0.2, 0) is 11.2 Å². The van der Waals surface area contributed by atoms with Gasteiger partial charge in [0.1, 0.15) is 5.56 Å². The minimum Gasteiger partial charge on any atom is -0.478 e. The van der Waals surface area contributed by atoms with E-state index in [9.17, 15) is 9.59 Å². The van der Waals surface area contributed by atoms with Crippen LogP contribution in [0.25, 0.3) is 0 Å². The average Bonchev–Trinajstić information content (AvgIpc) is 2.73. The van der Waals surface area contributed by atoms with Crippen LogP contribution in [0.5, 0.6) is 0 Å². The maximum absolute atomic E-state index is 12.0. The van der Waals surface area contributed by atoms with Gasteiger partial charge in [0.2, 0.25) is 5.91 Å². The number of aryl methyl sites for hydroxylation is 2. The van der Waals surface area contributed by atoms with Crippen molar-refractivity contribution in [2.75, 3.05) is 5.32 Å². The number of hydrogen-bond acceptors (Lipinski definition) is 2. The summed E-state index contributed by atoms with van der Waals surface area (Å²) < 4.78 is 0. The number of hydrogen-bond donors (Lipinski definition) is 3. The smallest absolute Gasteiger partial charge is 0.339 e. The number of carboxylic acids is 1. The molecule has 0 aliphatic carbocycles. The molecule has 2 aromatic rings. The lowest BCUT2D eigenvalue weighted by atomic mass is 10.1. The maximum atomic E-state index is 12.0. The Morgan fingerprint density at radius 2 is 1.95 bits per heavy atom. The number of carbonyl (C=O) groups is 2. The van der Waals surface area contributed by atoms with E-state index in [2.05, 4.69) is 10.3 Å². The molecule has 0 saturated heterocycles. The Labute approximate surface area is 116 Å². The zero-order valence-electron chi connectivity index (χ0n) is 11.4. The zero-order chi connectivity index (χ0) is 14.7. The van der Waals surface area contributed by atoms with Gasteiger partial charge in [-0.1, -0.05) is 24.3 Å². The van der Waals surface area contributed by atoms with E-state index in [1.165, 1.54) is 6.20 Å². The lowest BCUT2D eigenvalue weighted by Gasteiger charge is -2.07. The predicted octanol–water partition coefficient (Wildman–Crippen LogP) is 2.51. The summed E-state index contributed by atoms with van der Waals surface area (Å²) in [6.07, 6.45) is 1.71. The highest BCUT2D eigenvalue weighted by Crippen LogP contribution is 2.19. The number of carbonyl (C=O) groups excluding carboxylic acids is 1. The second-order valence-corrected chi connectivity index (χ2v) is 4.66. The molecule has 0 bridgehead atoms. The number of rotatable bonds is 4. The summed E-state index contributed by atoms with van der Waals surface area (Å²) >= 11 is 0. The molecule has 0 aliphatic heterocycles. The van der Waals surface area contributed by atoms with Gasteiger partial charge in [0.05, 0.1) is 12.1 Å². The molecular weight excluding hydrogens is 256 g/mol. The second kappa shape index (κ2) is 5.61. The molecule has 1 amide bonds. The van der Waals surface area contributed by atoms with Gasteiger partial charge >= 0.3 is 5.97 Å². The molecule has 0 aliphatic rings. The molecule has 3 N–H and O–H groups in total. The third-order valence-electron chi connectivity index (χ3n) is 3.18. The number of nitrogens with one attached hydrogen (secondary N) is 2. The fourth-order valence-electron chi connectivity index (χ4n) is 2.08. The van der Waals surface area contributed by atoms with Crippen molar-refractivity contribution in [3.05, 3.63) is 52.8 Å². The monoisotopic (exact) mass is 272 g/mol. The van der Waals surface area contributed by atoms with E-state index in [0.717, 1.165) is 11.1 Å². The van der Waals surface area contributed by atoms with Crippen LogP contribution < -0.4 is 5.32 Å². The molecule has 20 heavy (non-hydrogen) atoms. The summed E-state index contributed by atoms with van der Waals surface area (Å²) in [5, 5.41) is 11.7. The van der Waals surface area contributed by atoms with Crippen molar-refractivity contribution in [3.8, 4) is 0 Å². The van der Waals surface area contributed by atoms with Crippen molar-refractivity contribution in [1.82, 2.24) is 4.98 Å². The molecule has 0 spiro atoms. The molecule has 5 nitrogen and oxygen atoms in total. The molecule has 1 aromatic heterocycles. The largest absolute Gasteiger partial charge is 0.478 e. The number of anilines is 1. The highest BCUT2D eigenvalue weighted by molar-refractivity contribution is 6.01. The number of aromatic carboxylic acids is 1. The van der Waals surface area contributed by atoms with Crippen molar-refractivity contribution in [1.29, 1.82) is 0 Å². The summed E-state index contributed by atoms with van der Waals surface area (Å²) in [6, 6.07) is 7.61. The zero-order valence-corrected chi connectivity index (χ0v) is 11.4.